The van der Waals surface area contributed by atoms with Gasteiger partial charge in [0.25, 0.3) is 0 Å². The summed E-state index contributed by atoms with van der Waals surface area (Å²) < 4.78 is 47.0. The summed E-state index contributed by atoms with van der Waals surface area (Å²) in [6, 6.07) is 0. The average Bonchev–Trinajstić information content (AvgIpc) is 2.82. The van der Waals surface area contributed by atoms with Crippen molar-refractivity contribution in [3.8, 4) is 0 Å². The third-order valence-electron chi connectivity index (χ3n) is 6.78. The van der Waals surface area contributed by atoms with Crippen LogP contribution < -0.4 is 0 Å². The largest absolute Gasteiger partial charge is 0.555 e. The zero-order valence-electron chi connectivity index (χ0n) is 35.7. The molecule has 0 aromatic heterocycles. The average molecular weight is 1110 g/mol. The van der Waals surface area contributed by atoms with Crippen LogP contribution in [0.5, 0.6) is 0 Å². The van der Waals surface area contributed by atoms with Crippen molar-refractivity contribution in [1.29, 1.82) is 0 Å². The van der Waals surface area contributed by atoms with Gasteiger partial charge in [-0.05, 0) is 143 Å². The maximum absolute atomic E-state index is 10.1. The van der Waals surface area contributed by atoms with E-state index in [2.05, 4.69) is 84.9 Å². The van der Waals surface area contributed by atoms with Crippen molar-refractivity contribution in [2.24, 2.45) is 0 Å². The van der Waals surface area contributed by atoms with Gasteiger partial charge in [-0.2, -0.15) is 0 Å². The van der Waals surface area contributed by atoms with E-state index in [1.54, 1.807) is 26.2 Å². The number of rotatable bonds is 26. The molecule has 51 heavy (non-hydrogen) atoms. The van der Waals surface area contributed by atoms with Gasteiger partial charge in [-0.25, -0.2) is 14.2 Å². The van der Waals surface area contributed by atoms with Gasteiger partial charge >= 0.3 is 51.4 Å². The monoisotopic (exact) mass is 1110 g/mol. The van der Waals surface area contributed by atoms with Crippen LogP contribution in [-0.2, 0) is 34.2 Å². The van der Waals surface area contributed by atoms with E-state index in [0.29, 0.717) is 6.61 Å². The van der Waals surface area contributed by atoms with Crippen molar-refractivity contribution in [2.45, 2.75) is 156 Å². The molecule has 0 radical (unpaired) electrons. The van der Waals surface area contributed by atoms with Crippen molar-refractivity contribution in [3.63, 3.8) is 0 Å². The maximum atomic E-state index is 10.1. The van der Waals surface area contributed by atoms with Crippen molar-refractivity contribution in [1.82, 2.24) is 0 Å². The zero-order valence-corrected chi connectivity index (χ0v) is 50.1. The van der Waals surface area contributed by atoms with Crippen LogP contribution in [0.25, 0.3) is 0 Å². The van der Waals surface area contributed by atoms with Crippen molar-refractivity contribution in [3.05, 3.63) is 37.8 Å². The van der Waals surface area contributed by atoms with Gasteiger partial charge in [-0.15, -0.1) is 6.58 Å². The number of ether oxygens (including phenoxy) is 2. The molecule has 0 fully saturated rings. The Kier molecular flexibility index (Phi) is 25.6. The molecule has 0 unspecified atom stereocenters. The van der Waals surface area contributed by atoms with Gasteiger partial charge in [0.2, 0.25) is 8.32 Å². The molecule has 0 aliphatic carbocycles. The molecular weight excluding hydrogens is 1040 g/mol. The molecule has 0 aromatic carbocycles. The van der Waals surface area contributed by atoms with Crippen LogP contribution in [0.15, 0.2) is 23.6 Å². The van der Waals surface area contributed by atoms with Crippen LogP contribution in [0.3, 0.4) is 0 Å². The fourth-order valence-corrected chi connectivity index (χ4v) is 39.5. The summed E-state index contributed by atoms with van der Waals surface area (Å²) in [5.41, 5.74) is 2.25. The van der Waals surface area contributed by atoms with Crippen LogP contribution in [0.4, 0.5) is 0 Å². The minimum atomic E-state index is -2.62. The summed E-state index contributed by atoms with van der Waals surface area (Å²) in [5, 5.41) is 1.21. The van der Waals surface area contributed by atoms with E-state index in [1.165, 1.54) is 5.20 Å². The second-order valence-electron chi connectivity index (χ2n) is 16.7. The zero-order chi connectivity index (χ0) is 39.7. The summed E-state index contributed by atoms with van der Waals surface area (Å²) in [7, 11) is -12.0. The first kappa shape index (κ1) is 55.2. The summed E-state index contributed by atoms with van der Waals surface area (Å²) in [6.07, 6.45) is 10.9. The van der Waals surface area contributed by atoms with E-state index in [4.69, 9.17) is 34.2 Å². The third-order valence-corrected chi connectivity index (χ3v) is 33.6. The fraction of sp³-hybridized carbons (Fsp3) is 0.812. The van der Waals surface area contributed by atoms with Crippen molar-refractivity contribution < 1.29 is 43.8 Å². The molecule has 0 rings (SSSR count). The van der Waals surface area contributed by atoms with Crippen LogP contribution in [0.1, 0.15) is 51.4 Å². The second-order valence-corrected chi connectivity index (χ2v) is 45.9. The van der Waals surface area contributed by atoms with E-state index in [-0.39, 0.29) is 0 Å². The van der Waals surface area contributed by atoms with Gasteiger partial charge < -0.3 is 43.8 Å². The maximum Gasteiger partial charge on any atom is 0.320 e. The quantitative estimate of drug-likeness (QED) is 0.0494. The molecule has 0 bridgehead atoms. The number of unbranched alkanes of at least 4 members (excludes halogenated alkanes) is 5. The predicted molar refractivity (Wildman–Crippen MR) is 229 cm³/mol. The Bertz CT molecular complexity index is 986. The molecule has 2 N–H and O–H groups in total. The Labute approximate surface area is 317 Å². The Morgan fingerprint density at radius 3 is 1.29 bits per heavy atom. The Morgan fingerprint density at radius 2 is 0.902 bits per heavy atom. The molecule has 0 saturated carbocycles. The molecular formula is C32H78O10RfSi8-2. The minimum Gasteiger partial charge on any atom is -0.555 e. The van der Waals surface area contributed by atoms with Crippen LogP contribution in [0, 0.1) is 14.2 Å². The second kappa shape index (κ2) is 23.7. The molecule has 0 aliphatic rings. The number of hydrogen-bond acceptors (Lipinski definition) is 10. The van der Waals surface area contributed by atoms with Crippen LogP contribution in [0.2, 0.25) is 105 Å². The van der Waals surface area contributed by atoms with E-state index in [1.807, 2.05) is 26.2 Å². The van der Waals surface area contributed by atoms with E-state index in [0.717, 1.165) is 58.0 Å². The molecule has 0 amide bonds. The Hall–Kier alpha value is -0.185. The smallest absolute Gasteiger partial charge is 0.320 e. The summed E-state index contributed by atoms with van der Waals surface area (Å²) >= 11 is 0. The Morgan fingerprint density at radius 1 is 0.529 bits per heavy atom. The van der Waals surface area contributed by atoms with Gasteiger partial charge in [-0.3, -0.25) is 0 Å². The number of hydrogen-bond donors (Lipinski definition) is 2. The molecule has 0 aliphatic heterocycles. The van der Waals surface area contributed by atoms with E-state index in [9.17, 15) is 9.59 Å². The van der Waals surface area contributed by atoms with E-state index < -0.39 is 68.0 Å². The van der Waals surface area contributed by atoms with Gasteiger partial charge in [-0.1, -0.05) is 29.8 Å². The van der Waals surface area contributed by atoms with Crippen LogP contribution in [-0.4, -0.2) is 90.8 Å². The molecule has 0 saturated heterocycles. The third kappa shape index (κ3) is 32.9. The molecule has 0 aromatic rings. The first-order chi connectivity index (χ1) is 22.3. The first-order valence-corrected chi connectivity index (χ1v) is 40.9. The van der Waals surface area contributed by atoms with Gasteiger partial charge in [0, 0.05) is 13.2 Å². The molecule has 10 nitrogen and oxygen atoms in total. The van der Waals surface area contributed by atoms with Gasteiger partial charge in [0.05, 0.1) is 0 Å². The molecule has 0 heterocycles. The summed E-state index contributed by atoms with van der Waals surface area (Å²) in [5.74, 6) is 0. The topological polar surface area (TPSA) is 114 Å². The summed E-state index contributed by atoms with van der Waals surface area (Å²) in [6.45, 7) is 37.7. The fourth-order valence-electron chi connectivity index (χ4n) is 5.85. The molecule has 0 atom stereocenters. The van der Waals surface area contributed by atoms with Gasteiger partial charge in [0.1, 0.15) is 0 Å². The first-order valence-electron chi connectivity index (χ1n) is 18.0. The Balaban J connectivity index is -0.000000886. The number of allylic oxidation sites excluding steroid dienone is 2. The normalized spacial score (nSPS) is 14.0. The van der Waals surface area contributed by atoms with Crippen LogP contribution >= 0.6 is 0 Å². The van der Waals surface area contributed by atoms with Crippen molar-refractivity contribution in [2.75, 3.05) is 13.2 Å². The molecule has 0 spiro atoms. The van der Waals surface area contributed by atoms with E-state index >= 15 is 0 Å². The van der Waals surface area contributed by atoms with Crippen molar-refractivity contribution >= 4 is 68.0 Å². The minimum absolute atomic E-state index is 0. The van der Waals surface area contributed by atoms with Gasteiger partial charge in [0.15, 0.2) is 8.32 Å². The standard InChI is InChI=1S/2C16H39O5Si4.Rf/c1-16(14-12-11-13-15-18-2)22(3,4)19-24(7,8)21-25(9,10)20-23(5,6)17;1-18-15-13-11-10-12-14-16-22(2,3)19-24(6,7)21-25(8,9)20-23(4,5)17;/h17H,1-2,11-15H2,3-10H3;14,16-17H,1,10-13,15H2,2-9H3;/q2*-1;/b;16-14+;. The SMILES string of the molecule is C=C(CCCCCO[CH2-])[Si](C)(C)O[Si](C)(C)O[Si](C)(C)O[Si](C)(C)O.[CH2-]OCCCCC/C=C/[Si](C)(C)O[Si](C)(C)O[Si](C)(C)O[Si](C)(C)O.[Rf]. The molecule has 302 valence electrons. The predicted octanol–water partition coefficient (Wildman–Crippen LogP) is 9.61. The molecule has 19 heteroatoms. The summed E-state index contributed by atoms with van der Waals surface area (Å²) in [4.78, 5) is 20.1.